The minimum absolute atomic E-state index is 0.367. The summed E-state index contributed by atoms with van der Waals surface area (Å²) >= 11 is 3.57. The molecular formula is C15H23BrN2. The summed E-state index contributed by atoms with van der Waals surface area (Å²) in [4.78, 5) is 2.44. The zero-order valence-electron chi connectivity index (χ0n) is 11.7. The summed E-state index contributed by atoms with van der Waals surface area (Å²) < 4.78 is 1.15. The molecule has 0 aromatic heterocycles. The van der Waals surface area contributed by atoms with Crippen LogP contribution in [0.25, 0.3) is 0 Å². The van der Waals surface area contributed by atoms with Crippen molar-refractivity contribution < 1.29 is 0 Å². The lowest BCUT2D eigenvalue weighted by molar-refractivity contribution is 0.596. The molecule has 2 unspecified atom stereocenters. The number of rotatable bonds is 5. The van der Waals surface area contributed by atoms with E-state index in [-0.39, 0.29) is 0 Å². The molecule has 1 aliphatic carbocycles. The van der Waals surface area contributed by atoms with E-state index in [1.54, 1.807) is 0 Å². The lowest BCUT2D eigenvalue weighted by atomic mass is 10.0. The van der Waals surface area contributed by atoms with Gasteiger partial charge in [-0.2, -0.15) is 0 Å². The second kappa shape index (κ2) is 5.62. The highest BCUT2D eigenvalue weighted by molar-refractivity contribution is 9.10. The highest BCUT2D eigenvalue weighted by atomic mass is 79.9. The Morgan fingerprint density at radius 1 is 1.33 bits per heavy atom. The Kier molecular flexibility index (Phi) is 4.33. The van der Waals surface area contributed by atoms with Crippen molar-refractivity contribution in [2.75, 3.05) is 19.0 Å². The molecule has 0 bridgehead atoms. The lowest BCUT2D eigenvalue weighted by Crippen LogP contribution is -2.32. The van der Waals surface area contributed by atoms with Gasteiger partial charge in [-0.05, 0) is 63.4 Å². The number of nitrogens with zero attached hydrogens (tertiary/aromatic N) is 1. The molecule has 0 heterocycles. The zero-order valence-corrected chi connectivity index (χ0v) is 13.3. The Hall–Kier alpha value is -0.540. The van der Waals surface area contributed by atoms with E-state index in [9.17, 15) is 0 Å². The maximum Gasteiger partial charge on any atom is 0.0415 e. The van der Waals surface area contributed by atoms with Gasteiger partial charge >= 0.3 is 0 Å². The normalized spacial score (nSPS) is 18.5. The summed E-state index contributed by atoms with van der Waals surface area (Å²) in [5.41, 5.74) is 2.71. The molecule has 1 aromatic rings. The van der Waals surface area contributed by atoms with Crippen LogP contribution >= 0.6 is 15.9 Å². The topological polar surface area (TPSA) is 15.3 Å². The zero-order chi connectivity index (χ0) is 13.3. The number of nitrogens with one attached hydrogen (secondary N) is 1. The molecule has 0 spiro atoms. The Morgan fingerprint density at radius 3 is 2.56 bits per heavy atom. The monoisotopic (exact) mass is 310 g/mol. The van der Waals surface area contributed by atoms with Gasteiger partial charge in [-0.15, -0.1) is 0 Å². The van der Waals surface area contributed by atoms with E-state index in [2.05, 4.69) is 65.2 Å². The van der Waals surface area contributed by atoms with E-state index in [1.165, 1.54) is 24.1 Å². The van der Waals surface area contributed by atoms with Crippen LogP contribution in [0.1, 0.15) is 38.3 Å². The maximum atomic E-state index is 3.57. The summed E-state index contributed by atoms with van der Waals surface area (Å²) in [6.45, 7) is 4.55. The Labute approximate surface area is 119 Å². The molecule has 0 radical (unpaired) electrons. The number of halogens is 1. The largest absolute Gasteiger partial charge is 0.371 e. The van der Waals surface area contributed by atoms with Gasteiger partial charge in [0.1, 0.15) is 0 Å². The fourth-order valence-electron chi connectivity index (χ4n) is 2.46. The number of hydrogen-bond donors (Lipinski definition) is 1. The van der Waals surface area contributed by atoms with Crippen LogP contribution in [0, 0.1) is 5.92 Å². The summed E-state index contributed by atoms with van der Waals surface area (Å²) in [6.07, 6.45) is 2.78. The molecular weight excluding hydrogens is 288 g/mol. The predicted molar refractivity (Wildman–Crippen MR) is 82.2 cm³/mol. The highest BCUT2D eigenvalue weighted by Crippen LogP contribution is 2.38. The van der Waals surface area contributed by atoms with Crippen molar-refractivity contribution in [2.45, 2.75) is 38.8 Å². The maximum absolute atomic E-state index is 3.57. The summed E-state index contributed by atoms with van der Waals surface area (Å²) in [7, 11) is 4.23. The van der Waals surface area contributed by atoms with Crippen LogP contribution in [-0.2, 0) is 0 Å². The van der Waals surface area contributed by atoms with E-state index in [1.807, 2.05) is 7.05 Å². The first-order valence-electron chi connectivity index (χ1n) is 6.74. The predicted octanol–water partition coefficient (Wildman–Crippen LogP) is 3.96. The molecule has 2 rings (SSSR count). The third-order valence-electron chi connectivity index (χ3n) is 4.18. The first kappa shape index (κ1) is 13.9. The van der Waals surface area contributed by atoms with Crippen LogP contribution in [0.5, 0.6) is 0 Å². The van der Waals surface area contributed by atoms with Crippen molar-refractivity contribution in [3.05, 3.63) is 28.2 Å². The van der Waals surface area contributed by atoms with Crippen LogP contribution < -0.4 is 10.2 Å². The molecule has 0 aliphatic heterocycles. The van der Waals surface area contributed by atoms with Crippen LogP contribution in [0.3, 0.4) is 0 Å². The second-order valence-electron chi connectivity index (χ2n) is 5.40. The minimum Gasteiger partial charge on any atom is -0.371 e. The van der Waals surface area contributed by atoms with Crippen molar-refractivity contribution in [3.63, 3.8) is 0 Å². The first-order chi connectivity index (χ1) is 8.54. The van der Waals surface area contributed by atoms with Gasteiger partial charge in [-0.3, -0.25) is 0 Å². The second-order valence-corrected chi connectivity index (χ2v) is 6.32. The van der Waals surface area contributed by atoms with Crippen molar-refractivity contribution >= 4 is 21.6 Å². The van der Waals surface area contributed by atoms with E-state index >= 15 is 0 Å². The Balaban J connectivity index is 2.30. The van der Waals surface area contributed by atoms with Gasteiger partial charge in [-0.25, -0.2) is 0 Å². The van der Waals surface area contributed by atoms with Gasteiger partial charge in [0.25, 0.3) is 0 Å². The van der Waals surface area contributed by atoms with Gasteiger partial charge in [0.05, 0.1) is 0 Å². The average Bonchev–Trinajstić information content (AvgIpc) is 3.20. The molecule has 0 saturated heterocycles. The fourth-order valence-corrected chi connectivity index (χ4v) is 2.84. The van der Waals surface area contributed by atoms with Crippen molar-refractivity contribution in [2.24, 2.45) is 5.92 Å². The fraction of sp³-hybridized carbons (Fsp3) is 0.600. The van der Waals surface area contributed by atoms with E-state index in [4.69, 9.17) is 0 Å². The molecule has 2 atom stereocenters. The van der Waals surface area contributed by atoms with Crippen LogP contribution in [0.2, 0.25) is 0 Å². The average molecular weight is 311 g/mol. The molecule has 1 saturated carbocycles. The molecule has 18 heavy (non-hydrogen) atoms. The number of anilines is 1. The van der Waals surface area contributed by atoms with Gasteiger partial charge in [0, 0.05) is 29.3 Å². The van der Waals surface area contributed by atoms with Crippen LogP contribution in [-0.4, -0.2) is 20.1 Å². The first-order valence-corrected chi connectivity index (χ1v) is 7.53. The van der Waals surface area contributed by atoms with Gasteiger partial charge in [0.15, 0.2) is 0 Å². The molecule has 1 aliphatic rings. The molecule has 100 valence electrons. The third-order valence-corrected chi connectivity index (χ3v) is 4.68. The lowest BCUT2D eigenvalue weighted by Gasteiger charge is -2.30. The molecule has 2 nitrogen and oxygen atoms in total. The molecule has 1 aromatic carbocycles. The van der Waals surface area contributed by atoms with Gasteiger partial charge in [-0.1, -0.05) is 15.9 Å². The van der Waals surface area contributed by atoms with E-state index in [0.29, 0.717) is 12.1 Å². The summed E-state index contributed by atoms with van der Waals surface area (Å²) in [6, 6.07) is 7.59. The molecule has 1 N–H and O–H groups in total. The Bertz CT molecular complexity index is 415. The Morgan fingerprint density at radius 2 is 2.00 bits per heavy atom. The summed E-state index contributed by atoms with van der Waals surface area (Å²) in [5, 5.41) is 3.34. The van der Waals surface area contributed by atoms with Crippen molar-refractivity contribution in [1.82, 2.24) is 5.32 Å². The van der Waals surface area contributed by atoms with Gasteiger partial charge < -0.3 is 10.2 Å². The van der Waals surface area contributed by atoms with Crippen LogP contribution in [0.15, 0.2) is 22.7 Å². The molecule has 0 amide bonds. The SMILES string of the molecule is CNC(C)c1cc(Br)ccc1N(C)C(C)C1CC1. The molecule has 3 heteroatoms. The van der Waals surface area contributed by atoms with Crippen molar-refractivity contribution in [1.29, 1.82) is 0 Å². The van der Waals surface area contributed by atoms with Crippen LogP contribution in [0.4, 0.5) is 5.69 Å². The number of hydrogen-bond acceptors (Lipinski definition) is 2. The third kappa shape index (κ3) is 2.89. The number of benzene rings is 1. The molecule has 1 fully saturated rings. The standard InChI is InChI=1S/C15H23BrN2/c1-10(17-3)14-9-13(16)7-8-15(14)18(4)11(2)12-5-6-12/h7-12,17H,5-6H2,1-4H3. The van der Waals surface area contributed by atoms with Gasteiger partial charge in [0.2, 0.25) is 0 Å². The van der Waals surface area contributed by atoms with E-state index < -0.39 is 0 Å². The smallest absolute Gasteiger partial charge is 0.0415 e. The quantitative estimate of drug-likeness (QED) is 0.885. The van der Waals surface area contributed by atoms with E-state index in [0.717, 1.165) is 10.4 Å². The van der Waals surface area contributed by atoms with Crippen molar-refractivity contribution in [3.8, 4) is 0 Å². The highest BCUT2D eigenvalue weighted by Gasteiger charge is 2.31. The minimum atomic E-state index is 0.367. The summed E-state index contributed by atoms with van der Waals surface area (Å²) in [5.74, 6) is 0.886.